The lowest BCUT2D eigenvalue weighted by molar-refractivity contribution is -0.123. The molecule has 0 bridgehead atoms. The summed E-state index contributed by atoms with van der Waals surface area (Å²) in [5, 5.41) is 0. The molecule has 0 fully saturated rings. The quantitative estimate of drug-likeness (QED) is 0.832. The predicted molar refractivity (Wildman–Crippen MR) is 86.6 cm³/mol. The minimum atomic E-state index is -4.14. The molecule has 0 spiro atoms. The molecule has 0 unspecified atom stereocenters. The van der Waals surface area contributed by atoms with Crippen LogP contribution in [-0.4, -0.2) is 14.2 Å². The number of ketones is 1. The highest BCUT2D eigenvalue weighted by atomic mass is 32.2. The first-order valence-corrected chi connectivity index (χ1v) is 8.65. The van der Waals surface area contributed by atoms with Crippen LogP contribution in [0.25, 0.3) is 0 Å². The van der Waals surface area contributed by atoms with Gasteiger partial charge in [-0.2, -0.15) is 8.42 Å². The van der Waals surface area contributed by atoms with Gasteiger partial charge in [-0.25, -0.2) is 0 Å². The monoisotopic (exact) mass is 346 g/mol. The minimum Gasteiger partial charge on any atom is -0.460 e. The third kappa shape index (κ3) is 3.41. The van der Waals surface area contributed by atoms with Crippen molar-refractivity contribution in [2.45, 2.75) is 11.8 Å². The van der Waals surface area contributed by atoms with Crippen LogP contribution in [0.4, 0.5) is 0 Å². The van der Waals surface area contributed by atoms with Gasteiger partial charge in [0.2, 0.25) is 17.4 Å². The Balaban J connectivity index is 1.83. The Bertz CT molecular complexity index is 928. The highest BCUT2D eigenvalue weighted by Gasteiger charge is 2.39. The summed E-state index contributed by atoms with van der Waals surface area (Å²) in [7, 11) is -4.14. The fraction of sp³-hybridized carbons (Fsp3) is 0.118. The molecule has 0 aliphatic carbocycles. The maximum Gasteiger partial charge on any atom is 0.313 e. The van der Waals surface area contributed by atoms with Crippen LogP contribution in [0.3, 0.4) is 0 Å². The molecule has 0 radical (unpaired) electrons. The standard InChI is InChI=1S/C17H15NO5S/c18-17-16(14(19)15(22-17)13-9-5-2-6-10-13)23-24(20,21)11-12-7-3-1-4-8-12/h1-10,15H,11,18H2/t15-/m0/s1/i15D. The van der Waals surface area contributed by atoms with Crippen molar-refractivity contribution in [1.29, 1.82) is 0 Å². The number of ether oxygens (including phenoxy) is 1. The van der Waals surface area contributed by atoms with Gasteiger partial charge in [0, 0.05) is 5.56 Å². The Morgan fingerprint density at radius 2 is 1.67 bits per heavy atom. The van der Waals surface area contributed by atoms with Gasteiger partial charge in [-0.1, -0.05) is 60.7 Å². The number of rotatable bonds is 5. The normalized spacial score (nSPS) is 21.3. The topological polar surface area (TPSA) is 95.7 Å². The van der Waals surface area contributed by atoms with Gasteiger partial charge < -0.3 is 14.7 Å². The predicted octanol–water partition coefficient (Wildman–Crippen LogP) is 2.00. The summed E-state index contributed by atoms with van der Waals surface area (Å²) in [6.45, 7) is 0. The fourth-order valence-electron chi connectivity index (χ4n) is 2.21. The molecule has 1 aliphatic heterocycles. The summed E-state index contributed by atoms with van der Waals surface area (Å²) < 4.78 is 42.7. The van der Waals surface area contributed by atoms with E-state index in [0.717, 1.165) is 0 Å². The van der Waals surface area contributed by atoms with Gasteiger partial charge in [0.1, 0.15) is 5.75 Å². The lowest BCUT2D eigenvalue weighted by atomic mass is 10.1. The van der Waals surface area contributed by atoms with E-state index in [0.29, 0.717) is 5.56 Å². The van der Waals surface area contributed by atoms with Gasteiger partial charge >= 0.3 is 10.1 Å². The van der Waals surface area contributed by atoms with Crippen LogP contribution >= 0.6 is 0 Å². The number of Topliss-reactive ketones (excluding diaryl/α,β-unsaturated/α-hetero) is 1. The van der Waals surface area contributed by atoms with Crippen molar-refractivity contribution in [2.24, 2.45) is 5.73 Å². The molecule has 2 aromatic rings. The zero-order valence-corrected chi connectivity index (χ0v) is 13.3. The number of carbonyl (C=O) groups excluding carboxylic acids is 1. The van der Waals surface area contributed by atoms with Crippen molar-refractivity contribution in [3.63, 3.8) is 0 Å². The molecule has 0 saturated carbocycles. The van der Waals surface area contributed by atoms with Gasteiger partial charge in [0.15, 0.2) is 6.08 Å². The van der Waals surface area contributed by atoms with E-state index in [-0.39, 0.29) is 5.56 Å². The summed E-state index contributed by atoms with van der Waals surface area (Å²) in [5.74, 6) is -2.60. The maximum atomic E-state index is 12.5. The first kappa shape index (κ1) is 14.8. The number of hydrogen-bond acceptors (Lipinski definition) is 6. The largest absolute Gasteiger partial charge is 0.460 e. The van der Waals surface area contributed by atoms with Gasteiger partial charge in [-0.15, -0.1) is 0 Å². The minimum absolute atomic E-state index is 0.224. The first-order valence-electron chi connectivity index (χ1n) is 7.57. The molecule has 124 valence electrons. The van der Waals surface area contributed by atoms with E-state index in [1.165, 1.54) is 12.1 Å². The van der Waals surface area contributed by atoms with Crippen LogP contribution in [0.15, 0.2) is 72.3 Å². The molecular weight excluding hydrogens is 330 g/mol. The van der Waals surface area contributed by atoms with Gasteiger partial charge in [0.25, 0.3) is 0 Å². The number of nitrogens with two attached hydrogens (primary N) is 1. The summed E-state index contributed by atoms with van der Waals surface area (Å²) >= 11 is 0. The molecule has 3 rings (SSSR count). The molecule has 1 atom stereocenters. The third-order valence-corrected chi connectivity index (χ3v) is 4.39. The van der Waals surface area contributed by atoms with Crippen molar-refractivity contribution >= 4 is 15.9 Å². The van der Waals surface area contributed by atoms with Gasteiger partial charge in [-0.3, -0.25) is 4.79 Å². The van der Waals surface area contributed by atoms with Crippen LogP contribution in [0, 0.1) is 0 Å². The summed E-state index contributed by atoms with van der Waals surface area (Å²) in [5.41, 5.74) is 6.33. The lowest BCUT2D eigenvalue weighted by Crippen LogP contribution is -2.16. The van der Waals surface area contributed by atoms with Crippen molar-refractivity contribution in [3.8, 4) is 0 Å². The second-order valence-corrected chi connectivity index (χ2v) is 6.66. The van der Waals surface area contributed by atoms with Crippen LogP contribution in [0.2, 0.25) is 0 Å². The molecule has 1 aliphatic rings. The van der Waals surface area contributed by atoms with E-state index < -0.39 is 39.4 Å². The van der Waals surface area contributed by atoms with E-state index in [1.807, 2.05) is 0 Å². The Hall–Kier alpha value is -2.80. The average molecular weight is 346 g/mol. The van der Waals surface area contributed by atoms with E-state index >= 15 is 0 Å². The molecule has 2 N–H and O–H groups in total. The van der Waals surface area contributed by atoms with Crippen LogP contribution in [-0.2, 0) is 29.6 Å². The summed E-state index contributed by atoms with van der Waals surface area (Å²) in [6, 6.07) is 16.4. The average Bonchev–Trinajstić information content (AvgIpc) is 2.80. The second-order valence-electron chi connectivity index (χ2n) is 5.09. The van der Waals surface area contributed by atoms with Gasteiger partial charge in [-0.05, 0) is 5.56 Å². The van der Waals surface area contributed by atoms with E-state index in [1.54, 1.807) is 48.5 Å². The zero-order valence-electron chi connectivity index (χ0n) is 13.5. The van der Waals surface area contributed by atoms with Crippen molar-refractivity contribution in [1.82, 2.24) is 0 Å². The molecule has 2 aromatic carbocycles. The second kappa shape index (κ2) is 6.37. The molecule has 7 heteroatoms. The van der Waals surface area contributed by atoms with Crippen molar-refractivity contribution in [3.05, 3.63) is 83.4 Å². The fourth-order valence-corrected chi connectivity index (χ4v) is 3.28. The molecule has 1 heterocycles. The van der Waals surface area contributed by atoms with Crippen molar-refractivity contribution < 1.29 is 23.5 Å². The lowest BCUT2D eigenvalue weighted by Gasteiger charge is -2.09. The summed E-state index contributed by atoms with van der Waals surface area (Å²) in [4.78, 5) is 12.5. The third-order valence-electron chi connectivity index (χ3n) is 3.28. The van der Waals surface area contributed by atoms with Gasteiger partial charge in [0.05, 0.1) is 1.37 Å². The molecule has 6 nitrogen and oxygen atoms in total. The Kier molecular flexibility index (Phi) is 3.92. The molecule has 24 heavy (non-hydrogen) atoms. The summed E-state index contributed by atoms with van der Waals surface area (Å²) in [6.07, 6.45) is -2.16. The molecule has 0 amide bonds. The van der Waals surface area contributed by atoms with E-state index in [4.69, 9.17) is 16.0 Å². The van der Waals surface area contributed by atoms with Crippen LogP contribution in [0.1, 0.15) is 18.6 Å². The maximum absolute atomic E-state index is 12.5. The SMILES string of the molecule is [2H][C@@]1(c2ccccc2)OC(N)=C(OS(=O)(=O)Cc2ccccc2)C1=O. The van der Waals surface area contributed by atoms with Crippen LogP contribution in [0.5, 0.6) is 0 Å². The molecule has 0 aromatic heterocycles. The highest BCUT2D eigenvalue weighted by molar-refractivity contribution is 7.86. The number of carbonyl (C=O) groups is 1. The number of benzene rings is 2. The molecular formula is C17H15NO5S. The first-order chi connectivity index (χ1) is 11.8. The Morgan fingerprint density at radius 3 is 2.29 bits per heavy atom. The highest BCUT2D eigenvalue weighted by Crippen LogP contribution is 2.32. The van der Waals surface area contributed by atoms with E-state index in [2.05, 4.69) is 0 Å². The zero-order chi connectivity index (χ0) is 18.1. The molecule has 0 saturated heterocycles. The van der Waals surface area contributed by atoms with E-state index in [9.17, 15) is 13.2 Å². The Morgan fingerprint density at radius 1 is 1.08 bits per heavy atom. The van der Waals surface area contributed by atoms with Crippen LogP contribution < -0.4 is 5.73 Å². The van der Waals surface area contributed by atoms with Crippen molar-refractivity contribution in [2.75, 3.05) is 0 Å². The Labute approximate surface area is 141 Å². The number of hydrogen-bond donors (Lipinski definition) is 1. The smallest absolute Gasteiger partial charge is 0.313 e.